The van der Waals surface area contributed by atoms with E-state index in [1.807, 2.05) is 18.2 Å². The Morgan fingerprint density at radius 3 is 2.43 bits per heavy atom. The molecule has 1 saturated heterocycles. The van der Waals surface area contributed by atoms with Crippen LogP contribution in [0.15, 0.2) is 42.5 Å². The number of ether oxygens (including phenoxy) is 3. The number of ketones is 1. The molecule has 2 aliphatic heterocycles. The zero-order valence-electron chi connectivity index (χ0n) is 21.2. The molecule has 2 aliphatic rings. The molecule has 4 rings (SSSR count). The number of aliphatic carboxylic acids is 1. The molecule has 1 fully saturated rings. The first kappa shape index (κ1) is 26.5. The van der Waals surface area contributed by atoms with E-state index in [9.17, 15) is 9.59 Å². The first-order valence-electron chi connectivity index (χ1n) is 12.2. The fraction of sp³-hybridized carbons (Fsp3) is 0.500. The van der Waals surface area contributed by atoms with E-state index in [4.69, 9.17) is 19.3 Å². The van der Waals surface area contributed by atoms with Crippen molar-refractivity contribution in [3.8, 4) is 17.2 Å². The van der Waals surface area contributed by atoms with E-state index in [1.54, 1.807) is 26.4 Å². The molecule has 0 aliphatic carbocycles. The normalized spacial score (nSPS) is 19.2. The standard InChI is InChI=1S/C19H27NO3.C9H10O3/c1-12(2)7-14-11-20-6-5-13-8-18(22-3)19(23-4)9-15(13)16(20)10-17(14)21;10-9(11)6-7-12-8-4-2-1-3-5-8/h8-9,12,14,16H,5-7,10-11H2,1-4H3;1-5H,6-7H2,(H,10,11)/t14-,16-;/m1./s1. The van der Waals surface area contributed by atoms with E-state index in [-0.39, 0.29) is 25.0 Å². The predicted molar refractivity (Wildman–Crippen MR) is 134 cm³/mol. The van der Waals surface area contributed by atoms with Crippen LogP contribution in [-0.2, 0) is 16.0 Å². The van der Waals surface area contributed by atoms with Crippen LogP contribution in [0.3, 0.4) is 0 Å². The van der Waals surface area contributed by atoms with Crippen LogP contribution in [0.25, 0.3) is 0 Å². The van der Waals surface area contributed by atoms with E-state index in [2.05, 4.69) is 30.9 Å². The average molecular weight is 484 g/mol. The number of rotatable bonds is 8. The molecule has 35 heavy (non-hydrogen) atoms. The minimum atomic E-state index is -0.842. The highest BCUT2D eigenvalue weighted by Crippen LogP contribution is 2.42. The summed E-state index contributed by atoms with van der Waals surface area (Å²) in [5.74, 6) is 2.59. The largest absolute Gasteiger partial charge is 0.493 e. The molecular weight excluding hydrogens is 446 g/mol. The number of carbonyl (C=O) groups excluding carboxylic acids is 1. The maximum absolute atomic E-state index is 12.6. The van der Waals surface area contributed by atoms with Gasteiger partial charge in [0, 0.05) is 31.5 Å². The van der Waals surface area contributed by atoms with Crippen LogP contribution in [0.5, 0.6) is 17.2 Å². The number of Topliss-reactive ketones (excluding diaryl/α,β-unsaturated/α-hetero) is 1. The van der Waals surface area contributed by atoms with Crippen molar-refractivity contribution >= 4 is 11.8 Å². The van der Waals surface area contributed by atoms with Crippen molar-refractivity contribution in [1.82, 2.24) is 4.90 Å². The molecule has 2 aromatic rings. The molecule has 7 heteroatoms. The molecule has 0 bridgehead atoms. The Morgan fingerprint density at radius 2 is 1.80 bits per heavy atom. The molecule has 190 valence electrons. The second-order valence-corrected chi connectivity index (χ2v) is 9.47. The molecule has 0 saturated carbocycles. The third-order valence-corrected chi connectivity index (χ3v) is 6.50. The molecule has 0 amide bonds. The molecule has 0 unspecified atom stereocenters. The van der Waals surface area contributed by atoms with Crippen molar-refractivity contribution in [2.45, 2.75) is 45.6 Å². The molecule has 0 spiro atoms. The average Bonchev–Trinajstić information content (AvgIpc) is 2.84. The molecule has 0 aromatic heterocycles. The highest BCUT2D eigenvalue weighted by molar-refractivity contribution is 5.83. The van der Waals surface area contributed by atoms with Gasteiger partial charge in [-0.05, 0) is 54.2 Å². The SMILES string of the molecule is COc1cc2c(cc1OC)[C@H]1CC(=O)[C@H](CC(C)C)CN1CC2.O=C(O)CCOc1ccccc1. The van der Waals surface area contributed by atoms with Crippen LogP contribution in [0.2, 0.25) is 0 Å². The highest BCUT2D eigenvalue weighted by atomic mass is 16.5. The number of carboxylic acids is 1. The molecule has 2 heterocycles. The summed E-state index contributed by atoms with van der Waals surface area (Å²) in [6.07, 6.45) is 2.67. The number of methoxy groups -OCH3 is 2. The number of benzene rings is 2. The zero-order chi connectivity index (χ0) is 25.4. The number of hydrogen-bond donors (Lipinski definition) is 1. The fourth-order valence-electron chi connectivity index (χ4n) is 4.83. The Labute approximate surface area is 208 Å². The summed E-state index contributed by atoms with van der Waals surface area (Å²) in [6, 6.07) is 13.5. The maximum atomic E-state index is 12.6. The number of carboxylic acid groups (broad SMARTS) is 1. The summed E-state index contributed by atoms with van der Waals surface area (Å²) in [4.78, 5) is 25.2. The van der Waals surface area contributed by atoms with Gasteiger partial charge in [0.25, 0.3) is 0 Å². The summed E-state index contributed by atoms with van der Waals surface area (Å²) < 4.78 is 16.0. The number of fused-ring (bicyclic) bond motifs is 3. The van der Waals surface area contributed by atoms with E-state index >= 15 is 0 Å². The van der Waals surface area contributed by atoms with Crippen molar-refractivity contribution in [2.75, 3.05) is 33.9 Å². The minimum absolute atomic E-state index is 0.0366. The lowest BCUT2D eigenvalue weighted by Crippen LogP contribution is -2.46. The summed E-state index contributed by atoms with van der Waals surface area (Å²) >= 11 is 0. The van der Waals surface area contributed by atoms with Crippen molar-refractivity contribution in [2.24, 2.45) is 11.8 Å². The number of piperidine rings is 1. The summed E-state index contributed by atoms with van der Waals surface area (Å²) in [5.41, 5.74) is 2.53. The van der Waals surface area contributed by atoms with E-state index in [0.29, 0.717) is 23.9 Å². The van der Waals surface area contributed by atoms with Gasteiger partial charge in [0.1, 0.15) is 11.5 Å². The first-order valence-corrected chi connectivity index (χ1v) is 12.2. The van der Waals surface area contributed by atoms with Crippen molar-refractivity contribution in [3.63, 3.8) is 0 Å². The Hall–Kier alpha value is -3.06. The van der Waals surface area contributed by atoms with Gasteiger partial charge in [-0.1, -0.05) is 32.0 Å². The third-order valence-electron chi connectivity index (χ3n) is 6.50. The van der Waals surface area contributed by atoms with Crippen LogP contribution in [0, 0.1) is 11.8 Å². The van der Waals surface area contributed by atoms with Crippen molar-refractivity contribution < 1.29 is 28.9 Å². The molecule has 7 nitrogen and oxygen atoms in total. The quantitative estimate of drug-likeness (QED) is 0.578. The first-order chi connectivity index (χ1) is 16.8. The van der Waals surface area contributed by atoms with E-state index in [1.165, 1.54) is 11.1 Å². The van der Waals surface area contributed by atoms with Gasteiger partial charge in [0.15, 0.2) is 11.5 Å². The van der Waals surface area contributed by atoms with E-state index < -0.39 is 5.97 Å². The topological polar surface area (TPSA) is 85.3 Å². The molecule has 1 N–H and O–H groups in total. The van der Waals surface area contributed by atoms with Gasteiger partial charge in [-0.3, -0.25) is 14.5 Å². The second-order valence-electron chi connectivity index (χ2n) is 9.47. The molecule has 2 atom stereocenters. The Kier molecular flexibility index (Phi) is 9.55. The molecule has 0 radical (unpaired) electrons. The van der Waals surface area contributed by atoms with Gasteiger partial charge in [0.2, 0.25) is 0 Å². The van der Waals surface area contributed by atoms with Crippen LogP contribution >= 0.6 is 0 Å². The predicted octanol–water partition coefficient (Wildman–Crippen LogP) is 4.78. The van der Waals surface area contributed by atoms with Crippen LogP contribution in [0.1, 0.15) is 50.3 Å². The third kappa shape index (κ3) is 7.21. The van der Waals surface area contributed by atoms with Gasteiger partial charge < -0.3 is 19.3 Å². The fourth-order valence-corrected chi connectivity index (χ4v) is 4.83. The smallest absolute Gasteiger partial charge is 0.306 e. The Morgan fingerprint density at radius 1 is 1.11 bits per heavy atom. The van der Waals surface area contributed by atoms with Gasteiger partial charge in [0.05, 0.1) is 27.2 Å². The van der Waals surface area contributed by atoms with Gasteiger partial charge in [-0.2, -0.15) is 0 Å². The monoisotopic (exact) mass is 483 g/mol. The lowest BCUT2D eigenvalue weighted by Gasteiger charge is -2.43. The maximum Gasteiger partial charge on any atom is 0.306 e. The van der Waals surface area contributed by atoms with Crippen LogP contribution < -0.4 is 14.2 Å². The summed E-state index contributed by atoms with van der Waals surface area (Å²) in [5, 5.41) is 8.31. The molecular formula is C28H37NO6. The van der Waals surface area contributed by atoms with Crippen molar-refractivity contribution in [3.05, 3.63) is 53.6 Å². The van der Waals surface area contributed by atoms with Crippen molar-refractivity contribution in [1.29, 1.82) is 0 Å². The highest BCUT2D eigenvalue weighted by Gasteiger charge is 2.38. The van der Waals surface area contributed by atoms with Crippen LogP contribution in [-0.4, -0.2) is 55.7 Å². The summed E-state index contributed by atoms with van der Waals surface area (Å²) in [7, 11) is 3.33. The number of carbonyl (C=O) groups is 2. The Bertz CT molecular complexity index is 990. The molecule has 2 aromatic carbocycles. The number of nitrogens with zero attached hydrogens (tertiary/aromatic N) is 1. The van der Waals surface area contributed by atoms with Crippen LogP contribution in [0.4, 0.5) is 0 Å². The summed E-state index contributed by atoms with van der Waals surface area (Å²) in [6.45, 7) is 6.54. The Balaban J connectivity index is 0.000000241. The minimum Gasteiger partial charge on any atom is -0.493 e. The number of hydrogen-bond acceptors (Lipinski definition) is 6. The van der Waals surface area contributed by atoms with Gasteiger partial charge in [-0.25, -0.2) is 0 Å². The zero-order valence-corrected chi connectivity index (χ0v) is 21.2. The van der Waals surface area contributed by atoms with E-state index in [0.717, 1.165) is 37.4 Å². The lowest BCUT2D eigenvalue weighted by atomic mass is 9.80. The van der Waals surface area contributed by atoms with Gasteiger partial charge >= 0.3 is 5.97 Å². The number of para-hydroxylation sites is 1. The van der Waals surface area contributed by atoms with Gasteiger partial charge in [-0.15, -0.1) is 0 Å². The second kappa shape index (κ2) is 12.6. The lowest BCUT2D eigenvalue weighted by molar-refractivity contribution is -0.137.